The fourth-order valence-corrected chi connectivity index (χ4v) is 3.50. The van der Waals surface area contributed by atoms with Gasteiger partial charge in [0.1, 0.15) is 5.60 Å². The summed E-state index contributed by atoms with van der Waals surface area (Å²) < 4.78 is 10.4. The van der Waals surface area contributed by atoms with E-state index < -0.39 is 5.60 Å². The Morgan fingerprint density at radius 1 is 1.25 bits per heavy atom. The maximum absolute atomic E-state index is 12.1. The first-order chi connectivity index (χ1) is 9.28. The molecular weight excluding hydrogens is 258 g/mol. The number of rotatable bonds is 1. The predicted molar refractivity (Wildman–Crippen MR) is 74.2 cm³/mol. The lowest BCUT2D eigenvalue weighted by molar-refractivity contribution is -0.158. The molecule has 1 aliphatic heterocycles. The SMILES string of the molecule is COC(=O)C12CCCC1CN(C(=O)OC(C)(C)C)CC2. The van der Waals surface area contributed by atoms with E-state index in [0.717, 1.165) is 19.3 Å². The number of methoxy groups -OCH3 is 1. The number of fused-ring (bicyclic) bond motifs is 1. The number of carbonyl (C=O) groups excluding carboxylic acids is 2. The minimum Gasteiger partial charge on any atom is -0.469 e. The van der Waals surface area contributed by atoms with E-state index in [4.69, 9.17) is 9.47 Å². The van der Waals surface area contributed by atoms with Crippen molar-refractivity contribution >= 4 is 12.1 Å². The first-order valence-corrected chi connectivity index (χ1v) is 7.35. The van der Waals surface area contributed by atoms with Crippen LogP contribution in [0, 0.1) is 11.3 Å². The zero-order valence-electron chi connectivity index (χ0n) is 12.9. The third-order valence-electron chi connectivity index (χ3n) is 4.47. The van der Waals surface area contributed by atoms with Crippen molar-refractivity contribution in [3.63, 3.8) is 0 Å². The highest BCUT2D eigenvalue weighted by molar-refractivity contribution is 5.78. The first kappa shape index (κ1) is 15.1. The second kappa shape index (κ2) is 5.26. The van der Waals surface area contributed by atoms with Gasteiger partial charge in [-0.1, -0.05) is 6.42 Å². The topological polar surface area (TPSA) is 55.8 Å². The minimum absolute atomic E-state index is 0.108. The molecule has 2 aliphatic rings. The molecule has 2 unspecified atom stereocenters. The zero-order valence-corrected chi connectivity index (χ0v) is 12.9. The van der Waals surface area contributed by atoms with Crippen molar-refractivity contribution in [2.75, 3.05) is 20.2 Å². The third kappa shape index (κ3) is 2.76. The summed E-state index contributed by atoms with van der Waals surface area (Å²) in [6.07, 6.45) is 3.30. The third-order valence-corrected chi connectivity index (χ3v) is 4.47. The lowest BCUT2D eigenvalue weighted by Gasteiger charge is -2.42. The molecule has 1 heterocycles. The van der Waals surface area contributed by atoms with E-state index in [2.05, 4.69) is 0 Å². The molecule has 0 aromatic carbocycles. The van der Waals surface area contributed by atoms with Gasteiger partial charge in [0.05, 0.1) is 12.5 Å². The van der Waals surface area contributed by atoms with Crippen LogP contribution in [0.5, 0.6) is 0 Å². The summed E-state index contributed by atoms with van der Waals surface area (Å²) >= 11 is 0. The number of piperidine rings is 1. The van der Waals surface area contributed by atoms with Crippen molar-refractivity contribution in [2.24, 2.45) is 11.3 Å². The van der Waals surface area contributed by atoms with E-state index in [9.17, 15) is 9.59 Å². The van der Waals surface area contributed by atoms with Crippen molar-refractivity contribution in [3.8, 4) is 0 Å². The van der Waals surface area contributed by atoms with E-state index in [1.165, 1.54) is 7.11 Å². The standard InChI is InChI=1S/C15H25NO4/c1-14(2,3)20-13(18)16-9-8-15(12(17)19-4)7-5-6-11(15)10-16/h11H,5-10H2,1-4H3. The summed E-state index contributed by atoms with van der Waals surface area (Å²) in [7, 11) is 1.45. The van der Waals surface area contributed by atoms with Gasteiger partial charge in [0, 0.05) is 13.1 Å². The van der Waals surface area contributed by atoms with Gasteiger partial charge >= 0.3 is 12.1 Å². The molecule has 1 aliphatic carbocycles. The van der Waals surface area contributed by atoms with E-state index in [1.807, 2.05) is 20.8 Å². The van der Waals surface area contributed by atoms with Gasteiger partial charge in [0.15, 0.2) is 0 Å². The Hall–Kier alpha value is -1.26. The van der Waals surface area contributed by atoms with E-state index in [-0.39, 0.29) is 23.4 Å². The van der Waals surface area contributed by atoms with Gasteiger partial charge < -0.3 is 14.4 Å². The van der Waals surface area contributed by atoms with Gasteiger partial charge in [-0.2, -0.15) is 0 Å². The summed E-state index contributed by atoms with van der Waals surface area (Å²) in [6.45, 7) is 6.76. The lowest BCUT2D eigenvalue weighted by atomic mass is 9.72. The first-order valence-electron chi connectivity index (χ1n) is 7.35. The second-order valence-electron chi connectivity index (χ2n) is 6.91. The van der Waals surface area contributed by atoms with Crippen LogP contribution in [0.1, 0.15) is 46.5 Å². The zero-order chi connectivity index (χ0) is 15.0. The van der Waals surface area contributed by atoms with Crippen molar-refractivity contribution in [1.82, 2.24) is 4.90 Å². The normalized spacial score (nSPS) is 29.8. The highest BCUT2D eigenvalue weighted by Crippen LogP contribution is 2.49. The van der Waals surface area contributed by atoms with Crippen LogP contribution in [0.3, 0.4) is 0 Å². The van der Waals surface area contributed by atoms with Gasteiger partial charge in [-0.3, -0.25) is 4.79 Å². The van der Waals surface area contributed by atoms with Crippen molar-refractivity contribution in [2.45, 2.75) is 52.1 Å². The number of carbonyl (C=O) groups is 2. The van der Waals surface area contributed by atoms with E-state index >= 15 is 0 Å². The van der Waals surface area contributed by atoms with Gasteiger partial charge in [-0.05, 0) is 46.0 Å². The molecule has 2 atom stereocenters. The highest BCUT2D eigenvalue weighted by atomic mass is 16.6. The molecule has 0 radical (unpaired) electrons. The van der Waals surface area contributed by atoms with Crippen molar-refractivity contribution < 1.29 is 19.1 Å². The molecule has 0 aromatic rings. The number of hydrogen-bond donors (Lipinski definition) is 0. The minimum atomic E-state index is -0.482. The van der Waals surface area contributed by atoms with Crippen LogP contribution >= 0.6 is 0 Å². The Bertz CT molecular complexity index is 401. The van der Waals surface area contributed by atoms with E-state index in [0.29, 0.717) is 19.5 Å². The number of esters is 1. The monoisotopic (exact) mass is 283 g/mol. The van der Waals surface area contributed by atoms with Crippen LogP contribution in [-0.2, 0) is 14.3 Å². The Kier molecular flexibility index (Phi) is 3.98. The fourth-order valence-electron chi connectivity index (χ4n) is 3.50. The Morgan fingerprint density at radius 3 is 2.55 bits per heavy atom. The van der Waals surface area contributed by atoms with Crippen molar-refractivity contribution in [1.29, 1.82) is 0 Å². The summed E-state index contributed by atoms with van der Waals surface area (Å²) in [5.41, 5.74) is -0.850. The number of nitrogens with zero attached hydrogens (tertiary/aromatic N) is 1. The Labute approximate surface area is 120 Å². The quantitative estimate of drug-likeness (QED) is 0.694. The van der Waals surface area contributed by atoms with Crippen molar-refractivity contribution in [3.05, 3.63) is 0 Å². The Balaban J connectivity index is 2.05. The highest BCUT2D eigenvalue weighted by Gasteiger charge is 2.53. The van der Waals surface area contributed by atoms with Crippen LogP contribution in [0.15, 0.2) is 0 Å². The molecule has 5 nitrogen and oxygen atoms in total. The molecular formula is C15H25NO4. The molecule has 2 rings (SSSR count). The molecule has 0 bridgehead atoms. The molecule has 1 amide bonds. The number of amides is 1. The van der Waals surface area contributed by atoms with E-state index in [1.54, 1.807) is 4.90 Å². The summed E-state index contributed by atoms with van der Waals surface area (Å²) in [4.78, 5) is 26.0. The molecule has 2 fully saturated rings. The molecule has 0 spiro atoms. The largest absolute Gasteiger partial charge is 0.469 e. The van der Waals surface area contributed by atoms with Crippen LogP contribution in [0.25, 0.3) is 0 Å². The number of ether oxygens (including phenoxy) is 2. The molecule has 0 aromatic heterocycles. The smallest absolute Gasteiger partial charge is 0.410 e. The van der Waals surface area contributed by atoms with Gasteiger partial charge in [0.25, 0.3) is 0 Å². The average molecular weight is 283 g/mol. The molecule has 20 heavy (non-hydrogen) atoms. The van der Waals surface area contributed by atoms with Gasteiger partial charge in [-0.15, -0.1) is 0 Å². The summed E-state index contributed by atoms with van der Waals surface area (Å²) in [5.74, 6) is 0.0973. The fraction of sp³-hybridized carbons (Fsp3) is 0.867. The van der Waals surface area contributed by atoms with Crippen LogP contribution in [0.4, 0.5) is 4.79 Å². The van der Waals surface area contributed by atoms with Gasteiger partial charge in [-0.25, -0.2) is 4.79 Å². The molecule has 0 N–H and O–H groups in total. The van der Waals surface area contributed by atoms with Gasteiger partial charge in [0.2, 0.25) is 0 Å². The van der Waals surface area contributed by atoms with Crippen LogP contribution < -0.4 is 0 Å². The van der Waals surface area contributed by atoms with Crippen LogP contribution in [-0.4, -0.2) is 42.8 Å². The lowest BCUT2D eigenvalue weighted by Crippen LogP contribution is -2.51. The Morgan fingerprint density at radius 2 is 1.95 bits per heavy atom. The maximum atomic E-state index is 12.1. The summed E-state index contributed by atoms with van der Waals surface area (Å²) in [6, 6.07) is 0. The summed E-state index contributed by atoms with van der Waals surface area (Å²) in [5, 5.41) is 0. The maximum Gasteiger partial charge on any atom is 0.410 e. The average Bonchev–Trinajstić information content (AvgIpc) is 2.79. The predicted octanol–water partition coefficient (Wildman–Crippen LogP) is 2.59. The number of likely N-dealkylation sites (tertiary alicyclic amines) is 1. The molecule has 1 saturated carbocycles. The second-order valence-corrected chi connectivity index (χ2v) is 6.91. The van der Waals surface area contributed by atoms with Crippen LogP contribution in [0.2, 0.25) is 0 Å². The molecule has 114 valence electrons. The number of hydrogen-bond acceptors (Lipinski definition) is 4. The molecule has 1 saturated heterocycles. The molecule has 5 heteroatoms.